The highest BCUT2D eigenvalue weighted by Gasteiger charge is 2.05. The van der Waals surface area contributed by atoms with Gasteiger partial charge in [-0.3, -0.25) is 0 Å². The maximum Gasteiger partial charge on any atom is 0.182 e. The van der Waals surface area contributed by atoms with E-state index in [4.69, 9.17) is 21.6 Å². The van der Waals surface area contributed by atoms with Crippen LogP contribution in [-0.4, -0.2) is 11.3 Å². The predicted molar refractivity (Wildman–Crippen MR) is 59.5 cm³/mol. The molecule has 14 heavy (non-hydrogen) atoms. The highest BCUT2D eigenvalue weighted by atomic mass is 35.5. The molecule has 0 N–H and O–H groups in total. The highest BCUT2D eigenvalue weighted by molar-refractivity contribution is 8.03. The standard InChI is InChI=1S/C10H10ClNOS/c1-8-2-4-9(5-3-8)13-10(11)6-14-7-12/h2-5,10H,6H2,1H3. The van der Waals surface area contributed by atoms with Crippen molar-refractivity contribution in [2.45, 2.75) is 12.5 Å². The van der Waals surface area contributed by atoms with Crippen molar-refractivity contribution in [3.8, 4) is 11.2 Å². The SMILES string of the molecule is Cc1ccc(OC(Cl)CSC#N)cc1. The van der Waals surface area contributed by atoms with Crippen molar-refractivity contribution in [2.75, 3.05) is 5.75 Å². The van der Waals surface area contributed by atoms with Gasteiger partial charge in [0.1, 0.15) is 11.2 Å². The molecule has 74 valence electrons. The van der Waals surface area contributed by atoms with Gasteiger partial charge in [-0.15, -0.1) is 0 Å². The Bertz CT molecular complexity index is 320. The topological polar surface area (TPSA) is 33.0 Å². The van der Waals surface area contributed by atoms with Crippen LogP contribution in [-0.2, 0) is 0 Å². The third-order valence-electron chi connectivity index (χ3n) is 1.56. The van der Waals surface area contributed by atoms with E-state index in [9.17, 15) is 0 Å². The molecule has 0 aliphatic rings. The van der Waals surface area contributed by atoms with Gasteiger partial charge in [0.25, 0.3) is 0 Å². The minimum absolute atomic E-state index is 0.456. The molecule has 4 heteroatoms. The molecule has 1 aromatic rings. The summed E-state index contributed by atoms with van der Waals surface area (Å²) < 4.78 is 5.36. The summed E-state index contributed by atoms with van der Waals surface area (Å²) in [5.74, 6) is 1.19. The zero-order valence-electron chi connectivity index (χ0n) is 7.74. The molecule has 0 aliphatic carbocycles. The minimum Gasteiger partial charge on any atom is -0.474 e. The van der Waals surface area contributed by atoms with Crippen LogP contribution in [0.1, 0.15) is 5.56 Å². The second-order valence-electron chi connectivity index (χ2n) is 2.74. The number of alkyl halides is 1. The number of hydrogen-bond donors (Lipinski definition) is 0. The van der Waals surface area contributed by atoms with E-state index in [2.05, 4.69) is 0 Å². The number of benzene rings is 1. The lowest BCUT2D eigenvalue weighted by Crippen LogP contribution is -2.11. The van der Waals surface area contributed by atoms with Gasteiger partial charge in [0.15, 0.2) is 5.56 Å². The van der Waals surface area contributed by atoms with Crippen molar-refractivity contribution in [1.82, 2.24) is 0 Å². The average Bonchev–Trinajstić information content (AvgIpc) is 2.18. The van der Waals surface area contributed by atoms with Gasteiger partial charge >= 0.3 is 0 Å². The Hall–Kier alpha value is -0.850. The van der Waals surface area contributed by atoms with E-state index in [1.54, 1.807) is 0 Å². The third-order valence-corrected chi connectivity index (χ3v) is 2.59. The number of halogens is 1. The van der Waals surface area contributed by atoms with Gasteiger partial charge in [0.2, 0.25) is 0 Å². The minimum atomic E-state index is -0.456. The van der Waals surface area contributed by atoms with E-state index in [1.165, 1.54) is 5.56 Å². The molecule has 2 nitrogen and oxygen atoms in total. The number of aryl methyl sites for hydroxylation is 1. The van der Waals surface area contributed by atoms with Gasteiger partial charge in [-0.05, 0) is 30.8 Å². The Labute approximate surface area is 92.8 Å². The Balaban J connectivity index is 2.44. The summed E-state index contributed by atoms with van der Waals surface area (Å²) in [6.07, 6.45) is 0. The molecule has 0 aliphatic heterocycles. The van der Waals surface area contributed by atoms with Crippen LogP contribution in [0.4, 0.5) is 0 Å². The summed E-state index contributed by atoms with van der Waals surface area (Å²) in [5.41, 5.74) is 0.720. The fourth-order valence-corrected chi connectivity index (χ4v) is 1.47. The Kier molecular flexibility index (Phi) is 4.64. The third kappa shape index (κ3) is 3.91. The lowest BCUT2D eigenvalue weighted by Gasteiger charge is -2.10. The lowest BCUT2D eigenvalue weighted by molar-refractivity contribution is 0.305. The molecule has 1 aromatic carbocycles. The lowest BCUT2D eigenvalue weighted by atomic mass is 10.2. The fraction of sp³-hybridized carbons (Fsp3) is 0.300. The van der Waals surface area contributed by atoms with Gasteiger partial charge in [-0.1, -0.05) is 29.3 Å². The number of ether oxygens (including phenoxy) is 1. The van der Waals surface area contributed by atoms with Crippen LogP contribution < -0.4 is 4.74 Å². The zero-order valence-corrected chi connectivity index (χ0v) is 9.31. The van der Waals surface area contributed by atoms with Crippen LogP contribution in [0, 0.1) is 17.6 Å². The molecule has 0 radical (unpaired) electrons. The summed E-state index contributed by atoms with van der Waals surface area (Å²) in [6.45, 7) is 2.01. The summed E-state index contributed by atoms with van der Waals surface area (Å²) in [4.78, 5) is 0. The van der Waals surface area contributed by atoms with Gasteiger partial charge in [0.05, 0.1) is 5.75 Å². The van der Waals surface area contributed by atoms with E-state index in [1.807, 2.05) is 36.6 Å². The molecule has 0 amide bonds. The van der Waals surface area contributed by atoms with E-state index < -0.39 is 5.56 Å². The fourth-order valence-electron chi connectivity index (χ4n) is 0.901. The number of thioether (sulfide) groups is 1. The van der Waals surface area contributed by atoms with Crippen LogP contribution >= 0.6 is 23.4 Å². The van der Waals surface area contributed by atoms with Crippen molar-refractivity contribution in [3.63, 3.8) is 0 Å². The zero-order chi connectivity index (χ0) is 10.4. The predicted octanol–water partition coefficient (Wildman–Crippen LogP) is 3.15. The maximum absolute atomic E-state index is 8.32. The molecular formula is C10H10ClNOS. The van der Waals surface area contributed by atoms with Crippen molar-refractivity contribution in [1.29, 1.82) is 5.26 Å². The molecule has 1 rings (SSSR count). The molecule has 0 fully saturated rings. The second-order valence-corrected chi connectivity index (χ2v) is 4.03. The molecule has 1 atom stereocenters. The average molecular weight is 228 g/mol. The number of hydrogen-bond acceptors (Lipinski definition) is 3. The molecule has 0 spiro atoms. The quantitative estimate of drug-likeness (QED) is 0.585. The Morgan fingerprint density at radius 3 is 2.71 bits per heavy atom. The van der Waals surface area contributed by atoms with E-state index in [0.717, 1.165) is 17.5 Å². The van der Waals surface area contributed by atoms with Crippen LogP contribution in [0.3, 0.4) is 0 Å². The van der Waals surface area contributed by atoms with Crippen LogP contribution in [0.15, 0.2) is 24.3 Å². The van der Waals surface area contributed by atoms with E-state index in [-0.39, 0.29) is 0 Å². The van der Waals surface area contributed by atoms with Crippen molar-refractivity contribution in [2.24, 2.45) is 0 Å². The summed E-state index contributed by atoms with van der Waals surface area (Å²) in [6, 6.07) is 7.64. The molecule has 0 saturated heterocycles. The number of thiocyanates is 1. The van der Waals surface area contributed by atoms with Crippen molar-refractivity contribution >= 4 is 23.4 Å². The van der Waals surface area contributed by atoms with Crippen LogP contribution in [0.25, 0.3) is 0 Å². The first kappa shape index (κ1) is 11.2. The first-order valence-electron chi connectivity index (χ1n) is 4.10. The molecular weight excluding hydrogens is 218 g/mol. The smallest absolute Gasteiger partial charge is 0.182 e. The van der Waals surface area contributed by atoms with Gasteiger partial charge < -0.3 is 4.74 Å². The summed E-state index contributed by atoms with van der Waals surface area (Å²) in [5, 5.41) is 10.3. The van der Waals surface area contributed by atoms with Crippen LogP contribution in [0.5, 0.6) is 5.75 Å². The Morgan fingerprint density at radius 2 is 2.14 bits per heavy atom. The molecule has 0 aromatic heterocycles. The van der Waals surface area contributed by atoms with Crippen molar-refractivity contribution < 1.29 is 4.74 Å². The highest BCUT2D eigenvalue weighted by Crippen LogP contribution is 2.16. The van der Waals surface area contributed by atoms with Gasteiger partial charge in [-0.2, -0.15) is 5.26 Å². The van der Waals surface area contributed by atoms with Crippen molar-refractivity contribution in [3.05, 3.63) is 29.8 Å². The number of nitrogens with zero attached hydrogens (tertiary/aromatic N) is 1. The van der Waals surface area contributed by atoms with E-state index >= 15 is 0 Å². The molecule has 0 saturated carbocycles. The molecule has 0 bridgehead atoms. The van der Waals surface area contributed by atoms with Crippen LogP contribution in [0.2, 0.25) is 0 Å². The Morgan fingerprint density at radius 1 is 1.50 bits per heavy atom. The molecule has 1 unspecified atom stereocenters. The number of nitriles is 1. The first-order chi connectivity index (χ1) is 6.72. The normalized spacial score (nSPS) is 11.8. The maximum atomic E-state index is 8.32. The van der Waals surface area contributed by atoms with Gasteiger partial charge in [-0.25, -0.2) is 0 Å². The van der Waals surface area contributed by atoms with E-state index in [0.29, 0.717) is 5.75 Å². The first-order valence-corrected chi connectivity index (χ1v) is 5.53. The second kappa shape index (κ2) is 5.79. The number of rotatable bonds is 4. The van der Waals surface area contributed by atoms with Gasteiger partial charge in [0, 0.05) is 0 Å². The summed E-state index contributed by atoms with van der Waals surface area (Å²) >= 11 is 6.93. The monoisotopic (exact) mass is 227 g/mol. The largest absolute Gasteiger partial charge is 0.474 e. The summed E-state index contributed by atoms with van der Waals surface area (Å²) in [7, 11) is 0. The molecule has 0 heterocycles.